The second kappa shape index (κ2) is 5.09. The van der Waals surface area contributed by atoms with Crippen molar-refractivity contribution in [2.24, 2.45) is 7.05 Å². The van der Waals surface area contributed by atoms with Gasteiger partial charge in [0.1, 0.15) is 5.69 Å². The molecule has 0 aliphatic carbocycles. The number of carbonyl (C=O) groups excluding carboxylic acids is 1. The highest BCUT2D eigenvalue weighted by Crippen LogP contribution is 2.22. The summed E-state index contributed by atoms with van der Waals surface area (Å²) in [7, 11) is 1.92. The van der Waals surface area contributed by atoms with E-state index in [-0.39, 0.29) is 5.91 Å². The van der Waals surface area contributed by atoms with Crippen molar-refractivity contribution in [3.05, 3.63) is 65.4 Å². The molecule has 0 radical (unpaired) electrons. The van der Waals surface area contributed by atoms with Gasteiger partial charge in [0.2, 0.25) is 0 Å². The third-order valence-corrected chi connectivity index (χ3v) is 3.90. The summed E-state index contributed by atoms with van der Waals surface area (Å²) in [5.41, 5.74) is 4.76. The molecule has 21 heavy (non-hydrogen) atoms. The Morgan fingerprint density at radius 1 is 1.00 bits per heavy atom. The van der Waals surface area contributed by atoms with Gasteiger partial charge in [-0.2, -0.15) is 0 Å². The molecule has 1 heterocycles. The predicted molar refractivity (Wildman–Crippen MR) is 86.8 cm³/mol. The first-order valence-electron chi connectivity index (χ1n) is 7.00. The number of benzene rings is 2. The van der Waals surface area contributed by atoms with Crippen molar-refractivity contribution in [3.8, 4) is 0 Å². The predicted octanol–water partition coefficient (Wildman–Crippen LogP) is 4.05. The first-order valence-corrected chi connectivity index (χ1v) is 7.00. The number of carbonyl (C=O) groups is 1. The molecular formula is C18H18N2O. The van der Waals surface area contributed by atoms with Gasteiger partial charge in [-0.25, -0.2) is 0 Å². The molecule has 3 heteroatoms. The van der Waals surface area contributed by atoms with Crippen molar-refractivity contribution in [1.82, 2.24) is 4.57 Å². The van der Waals surface area contributed by atoms with Crippen LogP contribution in [0.3, 0.4) is 0 Å². The maximum absolute atomic E-state index is 12.6. The zero-order valence-corrected chi connectivity index (χ0v) is 12.5. The van der Waals surface area contributed by atoms with E-state index in [0.717, 1.165) is 27.7 Å². The molecule has 0 saturated carbocycles. The van der Waals surface area contributed by atoms with Crippen LogP contribution in [-0.2, 0) is 7.05 Å². The van der Waals surface area contributed by atoms with Gasteiger partial charge in [0.25, 0.3) is 5.91 Å². The number of para-hydroxylation sites is 2. The van der Waals surface area contributed by atoms with Crippen LogP contribution in [0.4, 0.5) is 5.69 Å². The molecule has 0 spiro atoms. The molecule has 3 aromatic rings. The molecule has 0 aliphatic rings. The molecule has 1 N–H and O–H groups in total. The summed E-state index contributed by atoms with van der Waals surface area (Å²) in [5.74, 6) is -0.0777. The molecular weight excluding hydrogens is 260 g/mol. The van der Waals surface area contributed by atoms with E-state index >= 15 is 0 Å². The second-order valence-corrected chi connectivity index (χ2v) is 5.37. The van der Waals surface area contributed by atoms with E-state index in [4.69, 9.17) is 0 Å². The number of nitrogens with one attached hydrogen (secondary N) is 1. The third kappa shape index (κ3) is 2.31. The summed E-state index contributed by atoms with van der Waals surface area (Å²) < 4.78 is 1.93. The standard InChI is InChI=1S/C18H18N2O/c1-12-7-6-8-13(2)17(12)19-18(21)16-11-14-9-4-5-10-15(14)20(16)3/h4-11H,1-3H3,(H,19,21). The Morgan fingerprint density at radius 3 is 2.33 bits per heavy atom. The van der Waals surface area contributed by atoms with Gasteiger partial charge in [-0.05, 0) is 37.1 Å². The van der Waals surface area contributed by atoms with Crippen LogP contribution in [0, 0.1) is 13.8 Å². The lowest BCUT2D eigenvalue weighted by Crippen LogP contribution is -2.16. The number of fused-ring (bicyclic) bond motifs is 1. The molecule has 0 saturated heterocycles. The average Bonchev–Trinajstić information content (AvgIpc) is 2.81. The highest BCUT2D eigenvalue weighted by atomic mass is 16.1. The van der Waals surface area contributed by atoms with E-state index in [1.165, 1.54) is 0 Å². The topological polar surface area (TPSA) is 34.0 Å². The second-order valence-electron chi connectivity index (χ2n) is 5.37. The fourth-order valence-electron chi connectivity index (χ4n) is 2.70. The summed E-state index contributed by atoms with van der Waals surface area (Å²) >= 11 is 0. The highest BCUT2D eigenvalue weighted by molar-refractivity contribution is 6.07. The molecule has 0 aliphatic heterocycles. The number of rotatable bonds is 2. The number of hydrogen-bond acceptors (Lipinski definition) is 1. The Kier molecular flexibility index (Phi) is 3.26. The van der Waals surface area contributed by atoms with Crippen molar-refractivity contribution in [3.63, 3.8) is 0 Å². The van der Waals surface area contributed by atoms with E-state index in [0.29, 0.717) is 5.69 Å². The van der Waals surface area contributed by atoms with Gasteiger partial charge in [0.05, 0.1) is 0 Å². The molecule has 0 bridgehead atoms. The molecule has 1 amide bonds. The fraction of sp³-hybridized carbons (Fsp3) is 0.167. The lowest BCUT2D eigenvalue weighted by molar-refractivity contribution is 0.101. The summed E-state index contributed by atoms with van der Waals surface area (Å²) in [6, 6.07) is 15.9. The van der Waals surface area contributed by atoms with Crippen molar-refractivity contribution in [2.45, 2.75) is 13.8 Å². The summed E-state index contributed by atoms with van der Waals surface area (Å²) in [4.78, 5) is 12.6. The Balaban J connectivity index is 2.00. The Labute approximate surface area is 124 Å². The first kappa shape index (κ1) is 13.4. The van der Waals surface area contributed by atoms with E-state index in [1.54, 1.807) is 0 Å². The quantitative estimate of drug-likeness (QED) is 0.754. The lowest BCUT2D eigenvalue weighted by atomic mass is 10.1. The van der Waals surface area contributed by atoms with Crippen LogP contribution in [-0.4, -0.2) is 10.5 Å². The van der Waals surface area contributed by atoms with E-state index in [2.05, 4.69) is 5.32 Å². The van der Waals surface area contributed by atoms with Gasteiger partial charge in [-0.15, -0.1) is 0 Å². The normalized spacial score (nSPS) is 10.8. The maximum atomic E-state index is 12.6. The lowest BCUT2D eigenvalue weighted by Gasteiger charge is -2.11. The van der Waals surface area contributed by atoms with Crippen LogP contribution in [0.5, 0.6) is 0 Å². The van der Waals surface area contributed by atoms with E-state index in [9.17, 15) is 4.79 Å². The van der Waals surface area contributed by atoms with Crippen LogP contribution in [0.1, 0.15) is 21.6 Å². The molecule has 0 atom stereocenters. The van der Waals surface area contributed by atoms with Gasteiger partial charge in [0, 0.05) is 23.6 Å². The highest BCUT2D eigenvalue weighted by Gasteiger charge is 2.14. The van der Waals surface area contributed by atoms with Crippen molar-refractivity contribution >= 4 is 22.5 Å². The Hall–Kier alpha value is -2.55. The summed E-state index contributed by atoms with van der Waals surface area (Å²) in [5, 5.41) is 4.11. The van der Waals surface area contributed by atoms with Crippen LogP contribution < -0.4 is 5.32 Å². The molecule has 0 fully saturated rings. The molecule has 3 rings (SSSR count). The van der Waals surface area contributed by atoms with Crippen molar-refractivity contribution in [2.75, 3.05) is 5.32 Å². The number of amides is 1. The smallest absolute Gasteiger partial charge is 0.272 e. The van der Waals surface area contributed by atoms with Gasteiger partial charge in [-0.1, -0.05) is 36.4 Å². The van der Waals surface area contributed by atoms with Gasteiger partial charge >= 0.3 is 0 Å². The molecule has 3 nitrogen and oxygen atoms in total. The van der Waals surface area contributed by atoms with Crippen molar-refractivity contribution < 1.29 is 4.79 Å². The summed E-state index contributed by atoms with van der Waals surface area (Å²) in [6.45, 7) is 4.01. The minimum atomic E-state index is -0.0777. The number of aromatic nitrogens is 1. The molecule has 1 aromatic heterocycles. The van der Waals surface area contributed by atoms with Crippen molar-refractivity contribution in [1.29, 1.82) is 0 Å². The van der Waals surface area contributed by atoms with E-state index in [1.807, 2.05) is 74.0 Å². The zero-order valence-electron chi connectivity index (χ0n) is 12.5. The SMILES string of the molecule is Cc1cccc(C)c1NC(=O)c1cc2ccccc2n1C. The van der Waals surface area contributed by atoms with Crippen LogP contribution in [0.2, 0.25) is 0 Å². The number of aryl methyl sites for hydroxylation is 3. The third-order valence-electron chi connectivity index (χ3n) is 3.90. The van der Waals surface area contributed by atoms with Gasteiger partial charge in [-0.3, -0.25) is 4.79 Å². The van der Waals surface area contributed by atoms with Gasteiger partial charge < -0.3 is 9.88 Å². The first-order chi connectivity index (χ1) is 10.1. The molecule has 106 valence electrons. The number of anilines is 1. The fourth-order valence-corrected chi connectivity index (χ4v) is 2.70. The van der Waals surface area contributed by atoms with Gasteiger partial charge in [0.15, 0.2) is 0 Å². The largest absolute Gasteiger partial charge is 0.340 e. The van der Waals surface area contributed by atoms with E-state index < -0.39 is 0 Å². The monoisotopic (exact) mass is 278 g/mol. The minimum absolute atomic E-state index is 0.0777. The Bertz CT molecular complexity index is 810. The maximum Gasteiger partial charge on any atom is 0.272 e. The zero-order chi connectivity index (χ0) is 15.0. The average molecular weight is 278 g/mol. The van der Waals surface area contributed by atoms with Crippen LogP contribution >= 0.6 is 0 Å². The molecule has 2 aromatic carbocycles. The molecule has 0 unspecified atom stereocenters. The number of nitrogens with zero attached hydrogens (tertiary/aromatic N) is 1. The van der Waals surface area contributed by atoms with Crippen LogP contribution in [0.25, 0.3) is 10.9 Å². The van der Waals surface area contributed by atoms with Crippen LogP contribution in [0.15, 0.2) is 48.5 Å². The summed E-state index contributed by atoms with van der Waals surface area (Å²) in [6.07, 6.45) is 0. The number of hydrogen-bond donors (Lipinski definition) is 1. The Morgan fingerprint density at radius 2 is 1.67 bits per heavy atom. The minimum Gasteiger partial charge on any atom is -0.340 e.